The van der Waals surface area contributed by atoms with E-state index >= 15 is 0 Å². The van der Waals surface area contributed by atoms with E-state index in [2.05, 4.69) is 33.0 Å². The summed E-state index contributed by atoms with van der Waals surface area (Å²) in [4.78, 5) is 0. The largest absolute Gasteiger partial charge is 0.494 e. The molecule has 0 saturated carbocycles. The summed E-state index contributed by atoms with van der Waals surface area (Å²) in [6, 6.07) is 5.65. The molecule has 1 rings (SSSR count). The van der Waals surface area contributed by atoms with Gasteiger partial charge in [-0.3, -0.25) is 0 Å². The van der Waals surface area contributed by atoms with Crippen molar-refractivity contribution >= 4 is 0 Å². The highest BCUT2D eigenvalue weighted by Gasteiger charge is 2.12. The van der Waals surface area contributed by atoms with Crippen LogP contribution in [0.1, 0.15) is 45.7 Å². The van der Waals surface area contributed by atoms with E-state index in [1.54, 1.807) is 12.1 Å². The van der Waals surface area contributed by atoms with Gasteiger partial charge in [0.25, 0.3) is 0 Å². The van der Waals surface area contributed by atoms with Gasteiger partial charge < -0.3 is 10.1 Å². The zero-order valence-electron chi connectivity index (χ0n) is 12.0. The van der Waals surface area contributed by atoms with Gasteiger partial charge in [-0.2, -0.15) is 0 Å². The van der Waals surface area contributed by atoms with Crippen LogP contribution in [0.3, 0.4) is 0 Å². The topological polar surface area (TPSA) is 21.3 Å². The fraction of sp³-hybridized carbons (Fsp3) is 0.600. The molecule has 0 saturated heterocycles. The van der Waals surface area contributed by atoms with Gasteiger partial charge in [0.1, 0.15) is 0 Å². The Kier molecular flexibility index (Phi) is 5.60. The molecule has 0 heterocycles. The SMILES string of the molecule is COc1cc(C(C)NC(C)CC(C)C)ccc1F. The fourth-order valence-corrected chi connectivity index (χ4v) is 2.24. The van der Waals surface area contributed by atoms with E-state index in [9.17, 15) is 4.39 Å². The van der Waals surface area contributed by atoms with Gasteiger partial charge in [0, 0.05) is 12.1 Å². The lowest BCUT2D eigenvalue weighted by molar-refractivity contribution is 0.381. The van der Waals surface area contributed by atoms with Crippen molar-refractivity contribution in [1.82, 2.24) is 5.32 Å². The number of hydrogen-bond donors (Lipinski definition) is 1. The highest BCUT2D eigenvalue weighted by molar-refractivity contribution is 5.31. The summed E-state index contributed by atoms with van der Waals surface area (Å²) < 4.78 is 18.3. The zero-order valence-corrected chi connectivity index (χ0v) is 12.0. The first kappa shape index (κ1) is 15.0. The molecule has 0 amide bonds. The molecule has 0 aromatic heterocycles. The molecule has 0 radical (unpaired) electrons. The first-order valence-corrected chi connectivity index (χ1v) is 6.53. The minimum absolute atomic E-state index is 0.188. The van der Waals surface area contributed by atoms with Gasteiger partial charge in [0.05, 0.1) is 7.11 Å². The molecule has 1 N–H and O–H groups in total. The molecule has 102 valence electrons. The van der Waals surface area contributed by atoms with Crippen molar-refractivity contribution in [3.8, 4) is 5.75 Å². The number of methoxy groups -OCH3 is 1. The van der Waals surface area contributed by atoms with Gasteiger partial charge in [-0.1, -0.05) is 19.9 Å². The molecular weight excluding hydrogens is 229 g/mol. The van der Waals surface area contributed by atoms with Gasteiger partial charge in [0.15, 0.2) is 11.6 Å². The van der Waals surface area contributed by atoms with Gasteiger partial charge in [0.2, 0.25) is 0 Å². The lowest BCUT2D eigenvalue weighted by Crippen LogP contribution is -2.30. The van der Waals surface area contributed by atoms with Crippen LogP contribution in [-0.2, 0) is 0 Å². The molecule has 2 unspecified atom stereocenters. The van der Waals surface area contributed by atoms with Crippen LogP contribution < -0.4 is 10.1 Å². The summed E-state index contributed by atoms with van der Waals surface area (Å²) in [7, 11) is 1.49. The second kappa shape index (κ2) is 6.74. The van der Waals surface area contributed by atoms with Crippen LogP contribution in [0.15, 0.2) is 18.2 Å². The normalized spacial score (nSPS) is 14.6. The van der Waals surface area contributed by atoms with Crippen LogP contribution >= 0.6 is 0 Å². The van der Waals surface area contributed by atoms with Crippen molar-refractivity contribution in [3.05, 3.63) is 29.6 Å². The average molecular weight is 253 g/mol. The van der Waals surface area contributed by atoms with Crippen LogP contribution in [0, 0.1) is 11.7 Å². The Hall–Kier alpha value is -1.09. The first-order valence-electron chi connectivity index (χ1n) is 6.53. The third-order valence-electron chi connectivity index (χ3n) is 3.03. The van der Waals surface area contributed by atoms with Crippen LogP contribution in [0.2, 0.25) is 0 Å². The van der Waals surface area contributed by atoms with E-state index < -0.39 is 0 Å². The molecule has 0 aliphatic rings. The average Bonchev–Trinajstić information content (AvgIpc) is 2.28. The standard InChI is InChI=1S/C15H24FNO/c1-10(2)8-11(3)17-12(4)13-6-7-14(16)15(9-13)18-5/h6-7,9-12,17H,8H2,1-5H3. The van der Waals surface area contributed by atoms with Crippen molar-refractivity contribution < 1.29 is 9.13 Å². The Bertz CT molecular complexity index is 379. The Morgan fingerprint density at radius 2 is 1.89 bits per heavy atom. The minimum atomic E-state index is -0.316. The van der Waals surface area contributed by atoms with E-state index in [4.69, 9.17) is 4.74 Å². The summed E-state index contributed by atoms with van der Waals surface area (Å²) in [5.41, 5.74) is 1.05. The molecule has 2 atom stereocenters. The lowest BCUT2D eigenvalue weighted by atomic mass is 10.0. The molecule has 0 bridgehead atoms. The van der Waals surface area contributed by atoms with Gasteiger partial charge >= 0.3 is 0 Å². The number of halogens is 1. The molecule has 18 heavy (non-hydrogen) atoms. The predicted molar refractivity (Wildman–Crippen MR) is 73.4 cm³/mol. The molecule has 0 aliphatic carbocycles. The van der Waals surface area contributed by atoms with Crippen LogP contribution in [0.25, 0.3) is 0 Å². The van der Waals surface area contributed by atoms with Crippen molar-refractivity contribution in [2.45, 2.75) is 46.2 Å². The number of benzene rings is 1. The summed E-state index contributed by atoms with van der Waals surface area (Å²) in [6.07, 6.45) is 1.13. The van der Waals surface area contributed by atoms with Gasteiger partial charge in [-0.25, -0.2) is 4.39 Å². The number of nitrogens with one attached hydrogen (secondary N) is 1. The molecule has 0 aliphatic heterocycles. The quantitative estimate of drug-likeness (QED) is 0.829. The smallest absolute Gasteiger partial charge is 0.165 e. The van der Waals surface area contributed by atoms with Crippen molar-refractivity contribution in [2.75, 3.05) is 7.11 Å². The Balaban J connectivity index is 2.69. The summed E-state index contributed by atoms with van der Waals surface area (Å²) >= 11 is 0. The zero-order chi connectivity index (χ0) is 13.7. The molecule has 1 aromatic rings. The Morgan fingerprint density at radius 1 is 1.22 bits per heavy atom. The molecule has 1 aromatic carbocycles. The summed E-state index contributed by atoms with van der Waals surface area (Å²) in [5, 5.41) is 3.52. The van der Waals surface area contributed by atoms with Gasteiger partial charge in [-0.05, 0) is 43.9 Å². The van der Waals surface area contributed by atoms with Crippen molar-refractivity contribution in [2.24, 2.45) is 5.92 Å². The molecule has 2 nitrogen and oxygen atoms in total. The predicted octanol–water partition coefficient (Wildman–Crippen LogP) is 3.92. The highest BCUT2D eigenvalue weighted by Crippen LogP contribution is 2.23. The second-order valence-electron chi connectivity index (χ2n) is 5.31. The lowest BCUT2D eigenvalue weighted by Gasteiger charge is -2.22. The van der Waals surface area contributed by atoms with E-state index in [1.807, 2.05) is 0 Å². The number of hydrogen-bond acceptors (Lipinski definition) is 2. The monoisotopic (exact) mass is 253 g/mol. The molecule has 0 fully saturated rings. The van der Waals surface area contributed by atoms with Crippen LogP contribution in [0.4, 0.5) is 4.39 Å². The maximum absolute atomic E-state index is 13.3. The molecule has 0 spiro atoms. The van der Waals surface area contributed by atoms with E-state index in [0.29, 0.717) is 17.7 Å². The highest BCUT2D eigenvalue weighted by atomic mass is 19.1. The van der Waals surface area contributed by atoms with E-state index in [-0.39, 0.29) is 11.9 Å². The van der Waals surface area contributed by atoms with Crippen LogP contribution in [-0.4, -0.2) is 13.2 Å². The maximum Gasteiger partial charge on any atom is 0.165 e. The van der Waals surface area contributed by atoms with E-state index in [1.165, 1.54) is 13.2 Å². The molecule has 3 heteroatoms. The third kappa shape index (κ3) is 4.30. The molecular formula is C15H24FNO. The third-order valence-corrected chi connectivity index (χ3v) is 3.03. The minimum Gasteiger partial charge on any atom is -0.494 e. The van der Waals surface area contributed by atoms with Crippen molar-refractivity contribution in [3.63, 3.8) is 0 Å². The van der Waals surface area contributed by atoms with Crippen molar-refractivity contribution in [1.29, 1.82) is 0 Å². The number of rotatable bonds is 6. The summed E-state index contributed by atoms with van der Waals surface area (Å²) in [5.74, 6) is 0.656. The Morgan fingerprint density at radius 3 is 2.44 bits per heavy atom. The first-order chi connectivity index (χ1) is 8.43. The van der Waals surface area contributed by atoms with Gasteiger partial charge in [-0.15, -0.1) is 0 Å². The maximum atomic E-state index is 13.3. The number of ether oxygens (including phenoxy) is 1. The second-order valence-corrected chi connectivity index (χ2v) is 5.31. The van der Waals surface area contributed by atoms with E-state index in [0.717, 1.165) is 12.0 Å². The summed E-state index contributed by atoms with van der Waals surface area (Å²) in [6.45, 7) is 8.69. The Labute approximate surface area is 110 Å². The fourth-order valence-electron chi connectivity index (χ4n) is 2.24. The van der Waals surface area contributed by atoms with Crippen LogP contribution in [0.5, 0.6) is 5.75 Å².